The Balaban J connectivity index is 2.52. The highest BCUT2D eigenvalue weighted by Crippen LogP contribution is 2.20. The minimum absolute atomic E-state index is 0.722. The Morgan fingerprint density at radius 2 is 2.60 bits per heavy atom. The van der Waals surface area contributed by atoms with E-state index >= 15 is 0 Å². The van der Waals surface area contributed by atoms with Crippen molar-refractivity contribution in [1.29, 1.82) is 0 Å². The highest BCUT2D eigenvalue weighted by molar-refractivity contribution is 5.20. The standard InChI is InChI=1S/C10H14/c1-3-5-10-7-4-6-9(2)8-10/h3-4,6-7,9H,1,5,8H2,2H3/t9-/m1/s1. The van der Waals surface area contributed by atoms with E-state index in [0.717, 1.165) is 12.3 Å². The average molecular weight is 134 g/mol. The third kappa shape index (κ3) is 1.87. The molecule has 0 N–H and O–H groups in total. The summed E-state index contributed by atoms with van der Waals surface area (Å²) in [5, 5.41) is 0. The fraction of sp³-hybridized carbons (Fsp3) is 0.400. The Morgan fingerprint density at radius 3 is 3.20 bits per heavy atom. The van der Waals surface area contributed by atoms with E-state index in [1.165, 1.54) is 12.0 Å². The van der Waals surface area contributed by atoms with E-state index < -0.39 is 0 Å². The molecule has 0 spiro atoms. The van der Waals surface area contributed by atoms with Gasteiger partial charge in [-0.1, -0.05) is 36.8 Å². The second-order valence-electron chi connectivity index (χ2n) is 2.88. The summed E-state index contributed by atoms with van der Waals surface area (Å²) in [5.41, 5.74) is 1.50. The summed E-state index contributed by atoms with van der Waals surface area (Å²) < 4.78 is 0. The maximum absolute atomic E-state index is 3.71. The Kier molecular flexibility index (Phi) is 2.49. The van der Waals surface area contributed by atoms with Crippen LogP contribution in [0.15, 0.2) is 36.5 Å². The molecular weight excluding hydrogens is 120 g/mol. The summed E-state index contributed by atoms with van der Waals surface area (Å²) in [4.78, 5) is 0. The lowest BCUT2D eigenvalue weighted by Gasteiger charge is -2.12. The summed E-state index contributed by atoms with van der Waals surface area (Å²) in [5.74, 6) is 0.722. The van der Waals surface area contributed by atoms with Crippen molar-refractivity contribution in [3.63, 3.8) is 0 Å². The SMILES string of the molecule is C=CCC1=CC=C[C@@H](C)C1. The van der Waals surface area contributed by atoms with Gasteiger partial charge in [0.05, 0.1) is 0 Å². The van der Waals surface area contributed by atoms with E-state index in [-0.39, 0.29) is 0 Å². The quantitative estimate of drug-likeness (QED) is 0.509. The Bertz CT molecular complexity index is 172. The lowest BCUT2D eigenvalue weighted by Crippen LogP contribution is -1.96. The van der Waals surface area contributed by atoms with Gasteiger partial charge in [-0.3, -0.25) is 0 Å². The van der Waals surface area contributed by atoms with Crippen molar-refractivity contribution in [2.45, 2.75) is 19.8 Å². The van der Waals surface area contributed by atoms with Crippen LogP contribution in [-0.4, -0.2) is 0 Å². The zero-order valence-corrected chi connectivity index (χ0v) is 6.51. The van der Waals surface area contributed by atoms with Crippen LogP contribution in [0.2, 0.25) is 0 Å². The van der Waals surface area contributed by atoms with Gasteiger partial charge >= 0.3 is 0 Å². The predicted octanol–water partition coefficient (Wildman–Crippen LogP) is 3.08. The number of allylic oxidation sites excluding steroid dienone is 5. The van der Waals surface area contributed by atoms with E-state index in [0.29, 0.717) is 0 Å². The lowest BCUT2D eigenvalue weighted by atomic mass is 9.94. The first kappa shape index (κ1) is 7.33. The van der Waals surface area contributed by atoms with Gasteiger partial charge in [0.25, 0.3) is 0 Å². The molecule has 1 rings (SSSR count). The largest absolute Gasteiger partial charge is 0.103 e. The molecule has 1 aliphatic carbocycles. The molecule has 54 valence electrons. The van der Waals surface area contributed by atoms with Crippen molar-refractivity contribution < 1.29 is 0 Å². The summed E-state index contributed by atoms with van der Waals surface area (Å²) in [7, 11) is 0. The van der Waals surface area contributed by atoms with E-state index in [9.17, 15) is 0 Å². The van der Waals surface area contributed by atoms with Gasteiger partial charge < -0.3 is 0 Å². The van der Waals surface area contributed by atoms with Crippen LogP contribution in [-0.2, 0) is 0 Å². The smallest absolute Gasteiger partial charge is 0.0138 e. The molecule has 0 bridgehead atoms. The van der Waals surface area contributed by atoms with Crippen LogP contribution in [0.3, 0.4) is 0 Å². The van der Waals surface area contributed by atoms with Crippen LogP contribution in [0, 0.1) is 5.92 Å². The van der Waals surface area contributed by atoms with E-state index in [4.69, 9.17) is 0 Å². The fourth-order valence-electron chi connectivity index (χ4n) is 1.27. The van der Waals surface area contributed by atoms with Crippen LogP contribution >= 0.6 is 0 Å². The molecule has 0 unspecified atom stereocenters. The van der Waals surface area contributed by atoms with E-state index in [1.807, 2.05) is 6.08 Å². The normalized spacial score (nSPS) is 24.1. The Morgan fingerprint density at radius 1 is 1.80 bits per heavy atom. The first-order valence-electron chi connectivity index (χ1n) is 3.80. The van der Waals surface area contributed by atoms with E-state index in [2.05, 4.69) is 31.7 Å². The topological polar surface area (TPSA) is 0 Å². The van der Waals surface area contributed by atoms with Crippen molar-refractivity contribution in [1.82, 2.24) is 0 Å². The molecule has 0 amide bonds. The molecule has 0 heteroatoms. The van der Waals surface area contributed by atoms with Crippen molar-refractivity contribution in [3.05, 3.63) is 36.5 Å². The summed E-state index contributed by atoms with van der Waals surface area (Å²) >= 11 is 0. The first-order valence-corrected chi connectivity index (χ1v) is 3.80. The maximum Gasteiger partial charge on any atom is -0.0138 e. The molecule has 0 aromatic heterocycles. The molecule has 1 aliphatic rings. The minimum atomic E-state index is 0.722. The third-order valence-electron chi connectivity index (χ3n) is 1.76. The summed E-state index contributed by atoms with van der Waals surface area (Å²) in [6.45, 7) is 5.96. The molecule has 0 aromatic carbocycles. The number of hydrogen-bond donors (Lipinski definition) is 0. The van der Waals surface area contributed by atoms with Crippen molar-refractivity contribution >= 4 is 0 Å². The van der Waals surface area contributed by atoms with Gasteiger partial charge in [-0.05, 0) is 18.8 Å². The van der Waals surface area contributed by atoms with Crippen LogP contribution in [0.25, 0.3) is 0 Å². The highest BCUT2D eigenvalue weighted by Gasteiger charge is 2.03. The molecule has 0 fully saturated rings. The lowest BCUT2D eigenvalue weighted by molar-refractivity contribution is 0.697. The van der Waals surface area contributed by atoms with Crippen LogP contribution in [0.4, 0.5) is 0 Å². The predicted molar refractivity (Wildman–Crippen MR) is 45.8 cm³/mol. The van der Waals surface area contributed by atoms with Gasteiger partial charge in [-0.2, -0.15) is 0 Å². The summed E-state index contributed by atoms with van der Waals surface area (Å²) in [6, 6.07) is 0. The van der Waals surface area contributed by atoms with E-state index in [1.54, 1.807) is 0 Å². The van der Waals surface area contributed by atoms with Gasteiger partial charge in [0.1, 0.15) is 0 Å². The van der Waals surface area contributed by atoms with Crippen molar-refractivity contribution in [3.8, 4) is 0 Å². The average Bonchev–Trinajstić information content (AvgIpc) is 1.88. The molecule has 0 radical (unpaired) electrons. The molecule has 0 nitrogen and oxygen atoms in total. The maximum atomic E-state index is 3.71. The van der Waals surface area contributed by atoms with Gasteiger partial charge in [0, 0.05) is 0 Å². The molecule has 0 saturated heterocycles. The molecular formula is C10H14. The Labute approximate surface area is 62.9 Å². The molecule has 0 aliphatic heterocycles. The minimum Gasteiger partial charge on any atom is -0.103 e. The van der Waals surface area contributed by atoms with Crippen molar-refractivity contribution in [2.24, 2.45) is 5.92 Å². The van der Waals surface area contributed by atoms with Gasteiger partial charge in [-0.25, -0.2) is 0 Å². The van der Waals surface area contributed by atoms with Crippen molar-refractivity contribution in [2.75, 3.05) is 0 Å². The molecule has 1 atom stereocenters. The van der Waals surface area contributed by atoms with Crippen LogP contribution in [0.1, 0.15) is 19.8 Å². The third-order valence-corrected chi connectivity index (χ3v) is 1.76. The molecule has 0 heterocycles. The zero-order valence-electron chi connectivity index (χ0n) is 6.51. The number of rotatable bonds is 2. The highest BCUT2D eigenvalue weighted by atomic mass is 14.1. The second kappa shape index (κ2) is 3.40. The molecule has 10 heavy (non-hydrogen) atoms. The van der Waals surface area contributed by atoms with Gasteiger partial charge in [0.15, 0.2) is 0 Å². The zero-order chi connectivity index (χ0) is 7.40. The Hall–Kier alpha value is -0.780. The van der Waals surface area contributed by atoms with Gasteiger partial charge in [0.2, 0.25) is 0 Å². The van der Waals surface area contributed by atoms with Gasteiger partial charge in [-0.15, -0.1) is 6.58 Å². The van der Waals surface area contributed by atoms with Crippen LogP contribution in [0.5, 0.6) is 0 Å². The number of hydrogen-bond acceptors (Lipinski definition) is 0. The fourth-order valence-corrected chi connectivity index (χ4v) is 1.27. The second-order valence-corrected chi connectivity index (χ2v) is 2.88. The van der Waals surface area contributed by atoms with Crippen LogP contribution < -0.4 is 0 Å². The molecule has 0 saturated carbocycles. The summed E-state index contributed by atoms with van der Waals surface area (Å²) in [6.07, 6.45) is 10.8. The first-order chi connectivity index (χ1) is 4.83. The molecule has 0 aromatic rings. The monoisotopic (exact) mass is 134 g/mol.